The number of aryl methyl sites for hydroxylation is 1. The van der Waals surface area contributed by atoms with Gasteiger partial charge in [-0.15, -0.1) is 0 Å². The molecule has 2 aromatic rings. The molecule has 1 spiro atoms. The maximum atomic E-state index is 13.1. The smallest absolute Gasteiger partial charge is 0.258 e. The Morgan fingerprint density at radius 1 is 1.19 bits per heavy atom. The van der Waals surface area contributed by atoms with Gasteiger partial charge < -0.3 is 4.90 Å². The summed E-state index contributed by atoms with van der Waals surface area (Å²) in [7, 11) is 0. The van der Waals surface area contributed by atoms with Crippen LogP contribution in [0.4, 0.5) is 0 Å². The molecule has 144 valence electrons. The number of hydrogen-bond acceptors (Lipinski definition) is 4. The first-order valence-corrected chi connectivity index (χ1v) is 9.91. The van der Waals surface area contributed by atoms with E-state index in [4.69, 9.17) is 0 Å². The fourth-order valence-corrected chi connectivity index (χ4v) is 4.74. The Labute approximate surface area is 159 Å². The van der Waals surface area contributed by atoms with Gasteiger partial charge in [-0.25, -0.2) is 4.98 Å². The first-order valence-electron chi connectivity index (χ1n) is 9.91. The minimum absolute atomic E-state index is 0.0401. The number of nitrogens with zero attached hydrogens (tertiary/aromatic N) is 4. The van der Waals surface area contributed by atoms with Crippen LogP contribution in [0.25, 0.3) is 5.65 Å². The average Bonchev–Trinajstić information content (AvgIpc) is 3.00. The van der Waals surface area contributed by atoms with E-state index in [2.05, 4.69) is 23.7 Å². The highest BCUT2D eigenvalue weighted by Crippen LogP contribution is 2.40. The molecule has 2 aliphatic heterocycles. The van der Waals surface area contributed by atoms with Gasteiger partial charge in [0, 0.05) is 37.4 Å². The van der Waals surface area contributed by atoms with Crippen molar-refractivity contribution in [1.29, 1.82) is 0 Å². The van der Waals surface area contributed by atoms with Gasteiger partial charge in [-0.05, 0) is 58.7 Å². The summed E-state index contributed by atoms with van der Waals surface area (Å²) in [4.78, 5) is 34.6. The lowest BCUT2D eigenvalue weighted by Crippen LogP contribution is -2.52. The van der Waals surface area contributed by atoms with Crippen molar-refractivity contribution in [3.63, 3.8) is 0 Å². The van der Waals surface area contributed by atoms with Crippen molar-refractivity contribution in [3.8, 4) is 0 Å². The van der Waals surface area contributed by atoms with E-state index < -0.39 is 0 Å². The van der Waals surface area contributed by atoms with Crippen LogP contribution in [0.1, 0.15) is 44.5 Å². The molecule has 2 aliphatic rings. The summed E-state index contributed by atoms with van der Waals surface area (Å²) in [6.45, 7) is 9.25. The van der Waals surface area contributed by atoms with E-state index in [1.165, 1.54) is 0 Å². The number of rotatable bonds is 3. The third-order valence-corrected chi connectivity index (χ3v) is 6.14. The molecule has 0 aliphatic carbocycles. The summed E-state index contributed by atoms with van der Waals surface area (Å²) in [5.74, 6) is 0.313. The summed E-state index contributed by atoms with van der Waals surface area (Å²) in [5.41, 5.74) is 2.07. The monoisotopic (exact) mass is 368 g/mol. The molecule has 0 unspecified atom stereocenters. The predicted octanol–water partition coefficient (Wildman–Crippen LogP) is 2.23. The van der Waals surface area contributed by atoms with Crippen LogP contribution >= 0.6 is 0 Å². The van der Waals surface area contributed by atoms with Crippen LogP contribution in [-0.4, -0.2) is 50.8 Å². The van der Waals surface area contributed by atoms with Crippen molar-refractivity contribution < 1.29 is 4.79 Å². The van der Waals surface area contributed by atoms with Crippen LogP contribution in [0.3, 0.4) is 0 Å². The molecule has 1 amide bonds. The second-order valence-corrected chi connectivity index (χ2v) is 8.38. The van der Waals surface area contributed by atoms with Gasteiger partial charge in [0.05, 0.1) is 11.1 Å². The van der Waals surface area contributed by atoms with Gasteiger partial charge in [0.15, 0.2) is 0 Å². The number of likely N-dealkylation sites (tertiary alicyclic amines) is 2. The third-order valence-electron chi connectivity index (χ3n) is 6.14. The van der Waals surface area contributed by atoms with Gasteiger partial charge >= 0.3 is 0 Å². The maximum absolute atomic E-state index is 13.1. The number of carbonyl (C=O) groups excluding carboxylic acids is 1. The van der Waals surface area contributed by atoms with Gasteiger partial charge in [-0.2, -0.15) is 0 Å². The molecule has 4 heterocycles. The number of aromatic nitrogens is 2. The molecule has 0 aromatic carbocycles. The fraction of sp³-hybridized carbons (Fsp3) is 0.571. The highest BCUT2D eigenvalue weighted by molar-refractivity contribution is 5.84. The second kappa shape index (κ2) is 6.75. The Balaban J connectivity index is 1.54. The number of carbonyl (C=O) groups is 1. The zero-order valence-electron chi connectivity index (χ0n) is 16.4. The molecule has 27 heavy (non-hydrogen) atoms. The zero-order chi connectivity index (χ0) is 19.2. The minimum Gasteiger partial charge on any atom is -0.340 e. The van der Waals surface area contributed by atoms with Gasteiger partial charge in [0.1, 0.15) is 5.65 Å². The Morgan fingerprint density at radius 2 is 2.00 bits per heavy atom. The zero-order valence-corrected chi connectivity index (χ0v) is 16.4. The van der Waals surface area contributed by atoms with E-state index in [-0.39, 0.29) is 17.0 Å². The van der Waals surface area contributed by atoms with E-state index in [9.17, 15) is 9.59 Å². The highest BCUT2D eigenvalue weighted by Gasteiger charge is 2.48. The first kappa shape index (κ1) is 18.2. The van der Waals surface area contributed by atoms with Crippen LogP contribution in [0.15, 0.2) is 29.1 Å². The van der Waals surface area contributed by atoms with Gasteiger partial charge in [0.25, 0.3) is 5.56 Å². The summed E-state index contributed by atoms with van der Waals surface area (Å²) < 4.78 is 1.64. The average molecular weight is 368 g/mol. The van der Waals surface area contributed by atoms with Gasteiger partial charge in [-0.3, -0.25) is 18.9 Å². The number of hydrogen-bond donors (Lipinski definition) is 0. The molecule has 4 rings (SSSR count). The van der Waals surface area contributed by atoms with Crippen molar-refractivity contribution in [1.82, 2.24) is 19.2 Å². The second-order valence-electron chi connectivity index (χ2n) is 8.38. The van der Waals surface area contributed by atoms with Gasteiger partial charge in [-0.1, -0.05) is 6.07 Å². The van der Waals surface area contributed by atoms with Crippen LogP contribution in [0.5, 0.6) is 0 Å². The van der Waals surface area contributed by atoms with E-state index >= 15 is 0 Å². The molecule has 0 radical (unpaired) electrons. The normalized spacial score (nSPS) is 23.9. The molecule has 0 N–H and O–H groups in total. The van der Waals surface area contributed by atoms with E-state index in [0.29, 0.717) is 18.1 Å². The molecular weight excluding hydrogens is 340 g/mol. The lowest BCUT2D eigenvalue weighted by Gasteiger charge is -2.41. The van der Waals surface area contributed by atoms with E-state index in [1.807, 2.05) is 30.0 Å². The minimum atomic E-state index is -0.245. The molecule has 6 heteroatoms. The summed E-state index contributed by atoms with van der Waals surface area (Å²) >= 11 is 0. The predicted molar refractivity (Wildman–Crippen MR) is 105 cm³/mol. The van der Waals surface area contributed by atoms with E-state index in [0.717, 1.165) is 50.3 Å². The number of piperidine rings is 1. The third kappa shape index (κ3) is 3.16. The molecule has 2 saturated heterocycles. The number of amides is 1. The van der Waals surface area contributed by atoms with Crippen molar-refractivity contribution in [3.05, 3.63) is 46.0 Å². The Hall–Kier alpha value is -2.21. The van der Waals surface area contributed by atoms with Crippen molar-refractivity contribution in [2.45, 2.75) is 52.6 Å². The van der Waals surface area contributed by atoms with Crippen LogP contribution < -0.4 is 5.56 Å². The summed E-state index contributed by atoms with van der Waals surface area (Å²) in [6.07, 6.45) is 2.95. The highest BCUT2D eigenvalue weighted by atomic mass is 16.2. The van der Waals surface area contributed by atoms with Crippen LogP contribution in [0, 0.1) is 12.3 Å². The van der Waals surface area contributed by atoms with E-state index in [1.54, 1.807) is 10.5 Å². The van der Waals surface area contributed by atoms with Crippen LogP contribution in [0.2, 0.25) is 0 Å². The van der Waals surface area contributed by atoms with Crippen LogP contribution in [-0.2, 0) is 11.3 Å². The number of fused-ring (bicyclic) bond motifs is 1. The molecule has 0 bridgehead atoms. The first-order chi connectivity index (χ1) is 12.9. The quantitative estimate of drug-likeness (QED) is 0.834. The maximum Gasteiger partial charge on any atom is 0.258 e. The lowest BCUT2D eigenvalue weighted by atomic mass is 9.78. The van der Waals surface area contributed by atoms with Crippen molar-refractivity contribution in [2.24, 2.45) is 5.41 Å². The topological polar surface area (TPSA) is 57.9 Å². The Bertz CT molecular complexity index is 935. The molecular formula is C21H28N4O2. The molecule has 2 fully saturated rings. The van der Waals surface area contributed by atoms with Crippen molar-refractivity contribution in [2.75, 3.05) is 19.6 Å². The fourth-order valence-electron chi connectivity index (χ4n) is 4.74. The lowest BCUT2D eigenvalue weighted by molar-refractivity contribution is -0.147. The SMILES string of the molecule is Cc1cccc2nc(CN3CC[C@@]4(CCCN(C(C)C)C4=O)C3)cc(=O)n12. The Morgan fingerprint density at radius 3 is 2.78 bits per heavy atom. The molecule has 1 atom stereocenters. The summed E-state index contributed by atoms with van der Waals surface area (Å²) in [5, 5.41) is 0. The number of pyridine rings is 1. The molecule has 0 saturated carbocycles. The molecule has 6 nitrogen and oxygen atoms in total. The van der Waals surface area contributed by atoms with Gasteiger partial charge in [0.2, 0.25) is 5.91 Å². The summed E-state index contributed by atoms with van der Waals surface area (Å²) in [6, 6.07) is 7.60. The standard InChI is InChI=1S/C21H28N4O2/c1-15(2)24-10-5-8-21(20(24)27)9-11-23(14-21)13-17-12-19(26)25-16(3)6-4-7-18(25)22-17/h4,6-7,12,15H,5,8-11,13-14H2,1-3H3/t21-/m0/s1. The Kier molecular flexibility index (Phi) is 4.54. The van der Waals surface area contributed by atoms with Crippen molar-refractivity contribution >= 4 is 11.6 Å². The largest absolute Gasteiger partial charge is 0.340 e. The molecule has 2 aromatic heterocycles.